The van der Waals surface area contributed by atoms with E-state index in [2.05, 4.69) is 29.0 Å². The number of nitrogen functional groups attached to an aromatic ring is 1. The molecule has 20 heavy (non-hydrogen) atoms. The van der Waals surface area contributed by atoms with Crippen LogP contribution in [-0.2, 0) is 4.79 Å². The van der Waals surface area contributed by atoms with Crippen LogP contribution in [0.4, 0.5) is 11.4 Å². The van der Waals surface area contributed by atoms with E-state index in [1.54, 1.807) is 6.07 Å². The molecule has 1 aromatic carbocycles. The Morgan fingerprint density at radius 3 is 2.55 bits per heavy atom. The smallest absolute Gasteiger partial charge is 0.238 e. The van der Waals surface area contributed by atoms with Gasteiger partial charge in [-0.2, -0.15) is 0 Å². The number of nitrogens with one attached hydrogen (secondary N) is 1. The number of nitrogens with zero attached hydrogens (tertiary/aromatic N) is 2. The lowest BCUT2D eigenvalue weighted by Gasteiger charge is -2.29. The van der Waals surface area contributed by atoms with E-state index in [0.29, 0.717) is 24.0 Å². The van der Waals surface area contributed by atoms with E-state index in [9.17, 15) is 4.79 Å². The van der Waals surface area contributed by atoms with E-state index in [-0.39, 0.29) is 5.91 Å². The number of carbonyl (C=O) groups excluding carboxylic acids is 1. The van der Waals surface area contributed by atoms with Crippen LogP contribution in [0.2, 0.25) is 0 Å². The van der Waals surface area contributed by atoms with Crippen molar-refractivity contribution < 1.29 is 4.79 Å². The molecule has 1 amide bonds. The van der Waals surface area contributed by atoms with Crippen molar-refractivity contribution in [2.45, 2.75) is 19.9 Å². The molecule has 0 aliphatic carbocycles. The Hall–Kier alpha value is -1.59. The molecular formula is C15H26N4O. The van der Waals surface area contributed by atoms with Crippen molar-refractivity contribution in [3.63, 3.8) is 0 Å². The predicted molar refractivity (Wildman–Crippen MR) is 84.7 cm³/mol. The Kier molecular flexibility index (Phi) is 6.48. The van der Waals surface area contributed by atoms with Crippen molar-refractivity contribution in [1.29, 1.82) is 0 Å². The van der Waals surface area contributed by atoms with Crippen molar-refractivity contribution in [1.82, 2.24) is 9.80 Å². The molecule has 1 unspecified atom stereocenters. The van der Waals surface area contributed by atoms with Gasteiger partial charge in [-0.05, 0) is 39.7 Å². The fourth-order valence-corrected chi connectivity index (χ4v) is 2.21. The van der Waals surface area contributed by atoms with Crippen LogP contribution in [-0.4, -0.2) is 55.5 Å². The summed E-state index contributed by atoms with van der Waals surface area (Å²) in [5.41, 5.74) is 7.09. The second kappa shape index (κ2) is 7.87. The second-order valence-corrected chi connectivity index (χ2v) is 5.31. The van der Waals surface area contributed by atoms with Crippen molar-refractivity contribution in [2.24, 2.45) is 0 Å². The highest BCUT2D eigenvalue weighted by molar-refractivity contribution is 5.95. The van der Waals surface area contributed by atoms with Crippen LogP contribution in [0.15, 0.2) is 24.3 Å². The summed E-state index contributed by atoms with van der Waals surface area (Å²) < 4.78 is 0. The van der Waals surface area contributed by atoms with Gasteiger partial charge in [0, 0.05) is 12.6 Å². The SMILES string of the molecule is CCN(CC(=O)Nc1ccccc1N)C(C)CN(C)C. The summed E-state index contributed by atoms with van der Waals surface area (Å²) in [7, 11) is 4.07. The van der Waals surface area contributed by atoms with Crippen LogP contribution in [0.3, 0.4) is 0 Å². The van der Waals surface area contributed by atoms with Gasteiger partial charge in [0.1, 0.15) is 0 Å². The standard InChI is InChI=1S/C15H26N4O/c1-5-19(12(2)10-18(3)4)11-15(20)17-14-9-7-6-8-13(14)16/h6-9,12H,5,10-11,16H2,1-4H3,(H,17,20). The van der Waals surface area contributed by atoms with Crippen LogP contribution < -0.4 is 11.1 Å². The number of likely N-dealkylation sites (N-methyl/N-ethyl adjacent to an activating group) is 2. The van der Waals surface area contributed by atoms with Crippen molar-refractivity contribution in [2.75, 3.05) is 44.8 Å². The first-order chi connectivity index (χ1) is 9.43. The molecular weight excluding hydrogens is 252 g/mol. The van der Waals surface area contributed by atoms with E-state index in [4.69, 9.17) is 5.73 Å². The van der Waals surface area contributed by atoms with Crippen LogP contribution in [0.25, 0.3) is 0 Å². The molecule has 0 aromatic heterocycles. The number of hydrogen-bond donors (Lipinski definition) is 2. The molecule has 0 bridgehead atoms. The molecule has 0 saturated heterocycles. The minimum Gasteiger partial charge on any atom is -0.397 e. The summed E-state index contributed by atoms with van der Waals surface area (Å²) in [5.74, 6) is -0.0321. The van der Waals surface area contributed by atoms with Gasteiger partial charge in [-0.25, -0.2) is 0 Å². The number of anilines is 2. The average molecular weight is 278 g/mol. The van der Waals surface area contributed by atoms with Gasteiger partial charge >= 0.3 is 0 Å². The molecule has 1 aromatic rings. The number of amides is 1. The zero-order chi connectivity index (χ0) is 15.1. The predicted octanol–water partition coefficient (Wildman–Crippen LogP) is 1.48. The maximum Gasteiger partial charge on any atom is 0.238 e. The zero-order valence-corrected chi connectivity index (χ0v) is 12.9. The molecule has 112 valence electrons. The van der Waals surface area contributed by atoms with E-state index in [1.807, 2.05) is 32.3 Å². The van der Waals surface area contributed by atoms with Gasteiger partial charge in [-0.15, -0.1) is 0 Å². The minimum absolute atomic E-state index is 0.0321. The van der Waals surface area contributed by atoms with Crippen LogP contribution in [0, 0.1) is 0 Å². The van der Waals surface area contributed by atoms with Gasteiger partial charge < -0.3 is 16.0 Å². The summed E-state index contributed by atoms with van der Waals surface area (Å²) >= 11 is 0. The maximum atomic E-state index is 12.1. The van der Waals surface area contributed by atoms with Gasteiger partial charge in [0.25, 0.3) is 0 Å². The lowest BCUT2D eigenvalue weighted by molar-refractivity contribution is -0.117. The summed E-state index contributed by atoms with van der Waals surface area (Å²) in [6, 6.07) is 7.63. The largest absolute Gasteiger partial charge is 0.397 e. The third kappa shape index (κ3) is 5.19. The lowest BCUT2D eigenvalue weighted by Crippen LogP contribution is -2.43. The Bertz CT molecular complexity index is 434. The van der Waals surface area contributed by atoms with Crippen LogP contribution in [0.5, 0.6) is 0 Å². The Morgan fingerprint density at radius 1 is 1.35 bits per heavy atom. The number of para-hydroxylation sites is 2. The summed E-state index contributed by atoms with van der Waals surface area (Å²) in [5, 5.41) is 2.86. The first kappa shape index (κ1) is 16.5. The summed E-state index contributed by atoms with van der Waals surface area (Å²) in [4.78, 5) is 16.4. The maximum absolute atomic E-state index is 12.1. The molecule has 0 fully saturated rings. The van der Waals surface area contributed by atoms with Gasteiger partial charge in [0.2, 0.25) is 5.91 Å². The number of carbonyl (C=O) groups is 1. The van der Waals surface area contributed by atoms with Gasteiger partial charge in [0.15, 0.2) is 0 Å². The van der Waals surface area contributed by atoms with Gasteiger partial charge in [-0.3, -0.25) is 9.69 Å². The molecule has 0 aliphatic heterocycles. The summed E-state index contributed by atoms with van der Waals surface area (Å²) in [6.45, 7) is 6.34. The van der Waals surface area contributed by atoms with E-state index in [0.717, 1.165) is 13.1 Å². The Morgan fingerprint density at radius 2 is 2.00 bits per heavy atom. The fourth-order valence-electron chi connectivity index (χ4n) is 2.21. The summed E-state index contributed by atoms with van der Waals surface area (Å²) in [6.07, 6.45) is 0. The van der Waals surface area contributed by atoms with Crippen LogP contribution in [0.1, 0.15) is 13.8 Å². The highest BCUT2D eigenvalue weighted by Crippen LogP contribution is 2.16. The van der Waals surface area contributed by atoms with E-state index < -0.39 is 0 Å². The fraction of sp³-hybridized carbons (Fsp3) is 0.533. The van der Waals surface area contributed by atoms with E-state index in [1.165, 1.54) is 0 Å². The first-order valence-electron chi connectivity index (χ1n) is 6.97. The zero-order valence-electron chi connectivity index (χ0n) is 12.9. The molecule has 3 N–H and O–H groups in total. The third-order valence-electron chi connectivity index (χ3n) is 3.24. The average Bonchev–Trinajstić information content (AvgIpc) is 2.37. The Labute approximate surface area is 121 Å². The highest BCUT2D eigenvalue weighted by atomic mass is 16.2. The lowest BCUT2D eigenvalue weighted by atomic mass is 10.2. The highest BCUT2D eigenvalue weighted by Gasteiger charge is 2.16. The second-order valence-electron chi connectivity index (χ2n) is 5.31. The number of rotatable bonds is 7. The number of hydrogen-bond acceptors (Lipinski definition) is 4. The molecule has 0 saturated carbocycles. The van der Waals surface area contributed by atoms with Gasteiger partial charge in [0.05, 0.1) is 17.9 Å². The normalized spacial score (nSPS) is 12.7. The molecule has 0 aliphatic rings. The molecule has 0 heterocycles. The van der Waals surface area contributed by atoms with E-state index >= 15 is 0 Å². The van der Waals surface area contributed by atoms with Gasteiger partial charge in [-0.1, -0.05) is 19.1 Å². The topological polar surface area (TPSA) is 61.6 Å². The van der Waals surface area contributed by atoms with Crippen molar-refractivity contribution in [3.8, 4) is 0 Å². The first-order valence-corrected chi connectivity index (χ1v) is 6.97. The molecule has 1 atom stereocenters. The van der Waals surface area contributed by atoms with Crippen LogP contribution >= 0.6 is 0 Å². The minimum atomic E-state index is -0.0321. The molecule has 1 rings (SSSR count). The third-order valence-corrected chi connectivity index (χ3v) is 3.24. The molecule has 5 nitrogen and oxygen atoms in total. The van der Waals surface area contributed by atoms with Crippen molar-refractivity contribution >= 4 is 17.3 Å². The molecule has 0 spiro atoms. The quantitative estimate of drug-likeness (QED) is 0.742. The molecule has 5 heteroatoms. The monoisotopic (exact) mass is 278 g/mol. The number of benzene rings is 1. The molecule has 0 radical (unpaired) electrons. The number of nitrogens with two attached hydrogens (primary N) is 1. The van der Waals surface area contributed by atoms with Crippen molar-refractivity contribution in [3.05, 3.63) is 24.3 Å². The Balaban J connectivity index is 2.57.